The molecule has 1 nitrogen and oxygen atoms in total. The van der Waals surface area contributed by atoms with Gasteiger partial charge < -0.3 is 0 Å². The van der Waals surface area contributed by atoms with Crippen LogP contribution < -0.4 is 0 Å². The Hall–Kier alpha value is -1.36. The van der Waals surface area contributed by atoms with E-state index in [4.69, 9.17) is 3.10 Å². The summed E-state index contributed by atoms with van der Waals surface area (Å²) in [5.74, 6) is 1.15. The summed E-state index contributed by atoms with van der Waals surface area (Å²) in [6, 6.07) is 19.2. The Morgan fingerprint density at radius 2 is 1.67 bits per heavy atom. The molecule has 1 N–H and O–H groups in total. The van der Waals surface area contributed by atoms with Crippen LogP contribution in [0.25, 0.3) is 5.76 Å². The summed E-state index contributed by atoms with van der Waals surface area (Å²) >= 11 is -0.414. The van der Waals surface area contributed by atoms with Crippen LogP contribution in [0.2, 0.25) is 0 Å². The van der Waals surface area contributed by atoms with Gasteiger partial charge in [0.15, 0.2) is 0 Å². The van der Waals surface area contributed by atoms with Gasteiger partial charge in [-0.05, 0) is 0 Å². The van der Waals surface area contributed by atoms with E-state index in [1.165, 1.54) is 20.2 Å². The average Bonchev–Trinajstić information content (AvgIpc) is 2.89. The summed E-state index contributed by atoms with van der Waals surface area (Å²) in [5, 5.41) is 0. The number of hydrogen-bond acceptors (Lipinski definition) is 0. The molecule has 0 aliphatic carbocycles. The van der Waals surface area contributed by atoms with Gasteiger partial charge in [-0.2, -0.15) is 0 Å². The zero-order chi connectivity index (χ0) is 12.4. The molecule has 89 valence electrons. The summed E-state index contributed by atoms with van der Waals surface area (Å²) in [6.07, 6.45) is 2.26. The average molecular weight is 350 g/mol. The Morgan fingerprint density at radius 1 is 0.889 bits per heavy atom. The van der Waals surface area contributed by atoms with Crippen molar-refractivity contribution in [3.63, 3.8) is 0 Å². The second-order valence-electron chi connectivity index (χ2n) is 4.31. The van der Waals surface area contributed by atoms with Crippen LogP contribution in [-0.4, -0.2) is 27.5 Å². The molecule has 2 aromatic carbocycles. The molecule has 0 aromatic heterocycles. The zero-order valence-corrected chi connectivity index (χ0v) is 12.5. The normalized spacial score (nSPS) is 13.8. The van der Waals surface area contributed by atoms with E-state index in [2.05, 4.69) is 67.6 Å². The first-order valence-electron chi connectivity index (χ1n) is 5.92. The Bertz CT molecular complexity index is 627. The van der Waals surface area contributed by atoms with Gasteiger partial charge in [-0.3, -0.25) is 0 Å². The maximum atomic E-state index is 4.76. The van der Waals surface area contributed by atoms with Gasteiger partial charge in [0.05, 0.1) is 0 Å². The molecule has 2 heteroatoms. The second-order valence-corrected chi connectivity index (χ2v) is 6.61. The molecule has 0 bridgehead atoms. The maximum absolute atomic E-state index is 4.76. The topological polar surface area (TPSA) is 12.8 Å². The van der Waals surface area contributed by atoms with E-state index in [0.29, 0.717) is 0 Å². The Balaban J connectivity index is 1.91. The van der Waals surface area contributed by atoms with Crippen LogP contribution in [0.15, 0.2) is 60.7 Å². The van der Waals surface area contributed by atoms with Crippen LogP contribution >= 0.6 is 0 Å². The molecule has 3 rings (SSSR count). The van der Waals surface area contributed by atoms with Gasteiger partial charge in [-0.25, -0.2) is 0 Å². The Kier molecular flexibility index (Phi) is 3.32. The molecule has 2 aromatic rings. The van der Waals surface area contributed by atoms with Crippen LogP contribution in [0, 0.1) is 6.92 Å². The quantitative estimate of drug-likeness (QED) is 0.584. The predicted molar refractivity (Wildman–Crippen MR) is 77.7 cm³/mol. The molecule has 0 saturated heterocycles. The van der Waals surface area contributed by atoms with E-state index in [-0.39, 0.29) is 0 Å². The monoisotopic (exact) mass is 352 g/mol. The summed E-state index contributed by atoms with van der Waals surface area (Å²) in [7, 11) is 0. The Labute approximate surface area is 117 Å². The second kappa shape index (κ2) is 5.10. The number of benzene rings is 2. The minimum atomic E-state index is -0.414. The minimum absolute atomic E-state index is 0.414. The fourth-order valence-electron chi connectivity index (χ4n) is 1.95. The first-order chi connectivity index (χ1) is 8.83. The molecular weight excluding hydrogens is 336 g/mol. The van der Waals surface area contributed by atoms with Gasteiger partial charge in [0.25, 0.3) is 0 Å². The van der Waals surface area contributed by atoms with Crippen molar-refractivity contribution in [2.45, 2.75) is 6.92 Å². The van der Waals surface area contributed by atoms with Crippen molar-refractivity contribution in [3.8, 4) is 0 Å². The fourth-order valence-corrected chi connectivity index (χ4v) is 4.13. The third kappa shape index (κ3) is 2.41. The first kappa shape index (κ1) is 11.7. The predicted octanol–water partition coefficient (Wildman–Crippen LogP) is 2.72. The fraction of sp³-hybridized carbons (Fsp3) is 0.0625. The van der Waals surface area contributed by atoms with Gasteiger partial charge in [0.1, 0.15) is 0 Å². The number of allylic oxidation sites excluding steroid dienone is 1. The van der Waals surface area contributed by atoms with E-state index < -0.39 is 20.9 Å². The standard InChI is InChI=1S/C16H14OTe/c1-12-6-5-9-14(10-12)15-11-16(18-17-15)13-7-3-2-4-8-13/h2-11,17H,1H3/q+1. The molecule has 0 saturated carbocycles. The van der Waals surface area contributed by atoms with E-state index >= 15 is 0 Å². The van der Waals surface area contributed by atoms with Crippen LogP contribution in [0.1, 0.15) is 16.7 Å². The SMILES string of the molecule is Cc1cccc(C2=CC(c3ccccc3)=[Te][OH+]2)c1. The summed E-state index contributed by atoms with van der Waals surface area (Å²) in [4.78, 5) is 0. The van der Waals surface area contributed by atoms with Gasteiger partial charge in [-0.15, -0.1) is 0 Å². The molecule has 0 atom stereocenters. The molecule has 1 heterocycles. The molecular formula is C16H14OTe+. The van der Waals surface area contributed by atoms with Gasteiger partial charge in [0, 0.05) is 0 Å². The van der Waals surface area contributed by atoms with Gasteiger partial charge >= 0.3 is 118 Å². The third-order valence-corrected chi connectivity index (χ3v) is 5.27. The van der Waals surface area contributed by atoms with Crippen LogP contribution in [-0.2, 0) is 0 Å². The number of rotatable bonds is 2. The van der Waals surface area contributed by atoms with Crippen molar-refractivity contribution in [1.82, 2.24) is 0 Å². The zero-order valence-electron chi connectivity index (χ0n) is 10.1. The van der Waals surface area contributed by atoms with E-state index in [9.17, 15) is 0 Å². The van der Waals surface area contributed by atoms with E-state index in [1.54, 1.807) is 0 Å². The van der Waals surface area contributed by atoms with Crippen molar-refractivity contribution >= 4 is 30.2 Å². The molecule has 18 heavy (non-hydrogen) atoms. The number of hydrogen-bond donors (Lipinski definition) is 0. The van der Waals surface area contributed by atoms with Crippen molar-refractivity contribution in [2.75, 3.05) is 0 Å². The van der Waals surface area contributed by atoms with Crippen LogP contribution in [0.3, 0.4) is 0 Å². The van der Waals surface area contributed by atoms with Gasteiger partial charge in [0.2, 0.25) is 0 Å². The van der Waals surface area contributed by atoms with Crippen LogP contribution in [0.5, 0.6) is 0 Å². The molecule has 0 fully saturated rings. The van der Waals surface area contributed by atoms with Gasteiger partial charge in [-0.1, -0.05) is 0 Å². The Morgan fingerprint density at radius 3 is 2.44 bits per heavy atom. The van der Waals surface area contributed by atoms with Crippen molar-refractivity contribution in [3.05, 3.63) is 77.4 Å². The van der Waals surface area contributed by atoms with Crippen molar-refractivity contribution in [1.29, 1.82) is 0 Å². The summed E-state index contributed by atoms with van der Waals surface area (Å²) < 4.78 is 6.19. The first-order valence-corrected chi connectivity index (χ1v) is 8.13. The van der Waals surface area contributed by atoms with E-state index in [1.807, 2.05) is 0 Å². The van der Waals surface area contributed by atoms with Crippen LogP contribution in [0.4, 0.5) is 0 Å². The molecule has 1 aliphatic rings. The number of aryl methyl sites for hydroxylation is 1. The van der Waals surface area contributed by atoms with Crippen molar-refractivity contribution in [2.24, 2.45) is 0 Å². The third-order valence-electron chi connectivity index (χ3n) is 2.88. The molecule has 0 unspecified atom stereocenters. The summed E-state index contributed by atoms with van der Waals surface area (Å²) in [5.41, 5.74) is 3.86. The summed E-state index contributed by atoms with van der Waals surface area (Å²) in [6.45, 7) is 2.12. The molecule has 1 aliphatic heterocycles. The molecule has 1 radical (unpaired) electrons. The molecule has 0 amide bonds. The van der Waals surface area contributed by atoms with E-state index in [0.717, 1.165) is 5.76 Å². The number of aliphatic hydroxyl groups is 1. The van der Waals surface area contributed by atoms with Crippen molar-refractivity contribution < 1.29 is 3.10 Å². The molecule has 0 spiro atoms.